The molecule has 1 aliphatic rings. The zero-order valence-electron chi connectivity index (χ0n) is 11.4. The number of nitrogens with zero attached hydrogens (tertiary/aromatic N) is 3. The summed E-state index contributed by atoms with van der Waals surface area (Å²) in [6.45, 7) is 4.30. The molecule has 0 atom stereocenters. The molecule has 0 N–H and O–H groups in total. The first-order valence-electron chi connectivity index (χ1n) is 5.98. The molecule has 1 fully saturated rings. The second-order valence-electron chi connectivity index (χ2n) is 4.83. The van der Waals surface area contributed by atoms with E-state index in [1.54, 1.807) is 7.05 Å². The van der Waals surface area contributed by atoms with Crippen molar-refractivity contribution < 1.29 is 13.2 Å². The maximum atomic E-state index is 12.2. The van der Waals surface area contributed by atoms with E-state index >= 15 is 0 Å². The highest BCUT2D eigenvalue weighted by molar-refractivity contribution is 7.86. The predicted molar refractivity (Wildman–Crippen MR) is 68.0 cm³/mol. The van der Waals surface area contributed by atoms with Crippen molar-refractivity contribution >= 4 is 10.2 Å². The summed E-state index contributed by atoms with van der Waals surface area (Å²) in [5.74, 6) is 0. The molecule has 7 heteroatoms. The minimum atomic E-state index is -3.43. The molecule has 0 aromatic heterocycles. The minimum Gasteiger partial charge on any atom is -0.363 e. The van der Waals surface area contributed by atoms with Crippen LogP contribution in [-0.2, 0) is 14.9 Å². The van der Waals surface area contributed by atoms with Crippen molar-refractivity contribution in [3.63, 3.8) is 0 Å². The molecule has 1 rings (SSSR count). The average molecular weight is 275 g/mol. The second kappa shape index (κ2) is 5.53. The minimum absolute atomic E-state index is 0.0833. The number of piperidine rings is 1. The van der Waals surface area contributed by atoms with Crippen LogP contribution in [0, 0.1) is 11.3 Å². The first kappa shape index (κ1) is 15.4. The van der Waals surface area contributed by atoms with Crippen LogP contribution in [0.5, 0.6) is 0 Å². The zero-order valence-corrected chi connectivity index (χ0v) is 12.2. The van der Waals surface area contributed by atoms with Crippen molar-refractivity contribution in [3.05, 3.63) is 0 Å². The summed E-state index contributed by atoms with van der Waals surface area (Å²) in [4.78, 5) is 0. The van der Waals surface area contributed by atoms with Crippen LogP contribution in [0.4, 0.5) is 0 Å². The lowest BCUT2D eigenvalue weighted by atomic mass is 9.94. The maximum absolute atomic E-state index is 12.2. The van der Waals surface area contributed by atoms with Crippen molar-refractivity contribution in [1.29, 1.82) is 5.26 Å². The number of ether oxygens (including phenoxy) is 1. The highest BCUT2D eigenvalue weighted by Gasteiger charge is 2.39. The van der Waals surface area contributed by atoms with Crippen LogP contribution < -0.4 is 0 Å². The van der Waals surface area contributed by atoms with E-state index in [2.05, 4.69) is 6.07 Å². The van der Waals surface area contributed by atoms with Gasteiger partial charge in [0, 0.05) is 46.1 Å². The fourth-order valence-corrected chi connectivity index (χ4v) is 3.43. The summed E-state index contributed by atoms with van der Waals surface area (Å²) in [6.07, 6.45) is 0.816. The van der Waals surface area contributed by atoms with Gasteiger partial charge in [0.05, 0.1) is 6.07 Å². The van der Waals surface area contributed by atoms with Crippen LogP contribution in [0.3, 0.4) is 0 Å². The van der Waals surface area contributed by atoms with Crippen LogP contribution in [0.2, 0.25) is 0 Å². The molecule has 0 bridgehead atoms. The van der Waals surface area contributed by atoms with Gasteiger partial charge in [-0.05, 0) is 13.8 Å². The zero-order chi connectivity index (χ0) is 14.0. The quantitative estimate of drug-likeness (QED) is 0.752. The molecule has 1 heterocycles. The molecule has 0 radical (unpaired) electrons. The van der Waals surface area contributed by atoms with Crippen molar-refractivity contribution in [2.75, 3.05) is 27.2 Å². The van der Waals surface area contributed by atoms with E-state index in [4.69, 9.17) is 10.00 Å². The highest BCUT2D eigenvalue weighted by atomic mass is 32.2. The molecule has 18 heavy (non-hydrogen) atoms. The van der Waals surface area contributed by atoms with E-state index in [9.17, 15) is 8.42 Å². The van der Waals surface area contributed by atoms with Crippen molar-refractivity contribution in [2.24, 2.45) is 0 Å². The molecule has 104 valence electrons. The van der Waals surface area contributed by atoms with E-state index in [0.29, 0.717) is 25.9 Å². The molecule has 0 aliphatic carbocycles. The fourth-order valence-electron chi connectivity index (χ4n) is 1.89. The number of hydrogen-bond acceptors (Lipinski definition) is 4. The van der Waals surface area contributed by atoms with E-state index in [-0.39, 0.29) is 6.04 Å². The Morgan fingerprint density at radius 3 is 2.22 bits per heavy atom. The molecule has 1 saturated heterocycles. The Kier molecular flexibility index (Phi) is 4.72. The molecule has 0 saturated carbocycles. The molecule has 0 amide bonds. The number of hydrogen-bond donors (Lipinski definition) is 0. The lowest BCUT2D eigenvalue weighted by Gasteiger charge is -2.37. The maximum Gasteiger partial charge on any atom is 0.281 e. The van der Waals surface area contributed by atoms with Gasteiger partial charge >= 0.3 is 0 Å². The van der Waals surface area contributed by atoms with Gasteiger partial charge in [0.15, 0.2) is 5.60 Å². The van der Waals surface area contributed by atoms with Gasteiger partial charge < -0.3 is 4.74 Å². The van der Waals surface area contributed by atoms with Gasteiger partial charge in [-0.3, -0.25) is 0 Å². The van der Waals surface area contributed by atoms with Gasteiger partial charge in [-0.25, -0.2) is 0 Å². The van der Waals surface area contributed by atoms with Gasteiger partial charge in [-0.15, -0.1) is 0 Å². The molecular weight excluding hydrogens is 254 g/mol. The van der Waals surface area contributed by atoms with E-state index in [1.807, 2.05) is 13.8 Å². The third kappa shape index (κ3) is 2.83. The second-order valence-corrected chi connectivity index (χ2v) is 6.82. The first-order chi connectivity index (χ1) is 8.29. The predicted octanol–water partition coefficient (Wildman–Crippen LogP) is 0.576. The van der Waals surface area contributed by atoms with Gasteiger partial charge in [0.2, 0.25) is 0 Å². The Hall–Kier alpha value is -0.680. The molecule has 0 aromatic carbocycles. The van der Waals surface area contributed by atoms with Gasteiger partial charge in [-0.2, -0.15) is 22.3 Å². The topological polar surface area (TPSA) is 73.6 Å². The average Bonchev–Trinajstić information content (AvgIpc) is 2.37. The Morgan fingerprint density at radius 2 is 1.89 bits per heavy atom. The van der Waals surface area contributed by atoms with E-state index < -0.39 is 15.8 Å². The fraction of sp³-hybridized carbons (Fsp3) is 0.909. The summed E-state index contributed by atoms with van der Waals surface area (Å²) in [7, 11) is -0.361. The summed E-state index contributed by atoms with van der Waals surface area (Å²) in [6, 6.07) is 2.05. The molecule has 1 aliphatic heterocycles. The third-order valence-electron chi connectivity index (χ3n) is 3.54. The summed E-state index contributed by atoms with van der Waals surface area (Å²) in [5, 5.41) is 9.07. The lowest BCUT2D eigenvalue weighted by molar-refractivity contribution is -0.000134. The van der Waals surface area contributed by atoms with Gasteiger partial charge in [0.25, 0.3) is 10.2 Å². The van der Waals surface area contributed by atoms with Crippen LogP contribution >= 0.6 is 0 Å². The normalized spacial score (nSPS) is 21.2. The van der Waals surface area contributed by atoms with Crippen molar-refractivity contribution in [1.82, 2.24) is 8.61 Å². The van der Waals surface area contributed by atoms with Crippen LogP contribution in [0.15, 0.2) is 0 Å². The highest BCUT2D eigenvalue weighted by Crippen LogP contribution is 2.27. The standard InChI is InChI=1S/C11H21N3O3S/c1-10(2)13(3)18(15,16)14-7-5-11(9-12,17-4)6-8-14/h10H,5-8H2,1-4H3. The monoisotopic (exact) mass is 275 g/mol. The SMILES string of the molecule is COC1(C#N)CCN(S(=O)(=O)N(C)C(C)C)CC1. The van der Waals surface area contributed by atoms with Crippen LogP contribution in [0.1, 0.15) is 26.7 Å². The number of nitriles is 1. The number of methoxy groups -OCH3 is 1. The lowest BCUT2D eigenvalue weighted by Crippen LogP contribution is -2.51. The van der Waals surface area contributed by atoms with Gasteiger partial charge in [0.1, 0.15) is 0 Å². The Balaban J connectivity index is 2.78. The Bertz CT molecular complexity index is 419. The summed E-state index contributed by atoms with van der Waals surface area (Å²) >= 11 is 0. The summed E-state index contributed by atoms with van der Waals surface area (Å²) < 4.78 is 32.5. The number of rotatable bonds is 4. The van der Waals surface area contributed by atoms with Crippen molar-refractivity contribution in [2.45, 2.75) is 38.3 Å². The van der Waals surface area contributed by atoms with E-state index in [1.165, 1.54) is 15.7 Å². The van der Waals surface area contributed by atoms with Crippen molar-refractivity contribution in [3.8, 4) is 6.07 Å². The van der Waals surface area contributed by atoms with Gasteiger partial charge in [-0.1, -0.05) is 0 Å². The molecule has 6 nitrogen and oxygen atoms in total. The smallest absolute Gasteiger partial charge is 0.281 e. The Labute approximate surface area is 109 Å². The molecule has 0 aromatic rings. The molecular formula is C11H21N3O3S. The third-order valence-corrected chi connectivity index (χ3v) is 5.71. The molecule has 0 spiro atoms. The van der Waals surface area contributed by atoms with Crippen LogP contribution in [0.25, 0.3) is 0 Å². The molecule has 0 unspecified atom stereocenters. The van der Waals surface area contributed by atoms with Crippen LogP contribution in [-0.4, -0.2) is 55.9 Å². The largest absolute Gasteiger partial charge is 0.363 e. The first-order valence-corrected chi connectivity index (χ1v) is 7.38. The van der Waals surface area contributed by atoms with E-state index in [0.717, 1.165) is 0 Å². The summed E-state index contributed by atoms with van der Waals surface area (Å²) in [5.41, 5.74) is -0.831. The Morgan fingerprint density at radius 1 is 1.39 bits per heavy atom.